The van der Waals surface area contributed by atoms with Crippen LogP contribution in [0.25, 0.3) is 0 Å². The summed E-state index contributed by atoms with van der Waals surface area (Å²) in [6.45, 7) is 15.3. The zero-order chi connectivity index (χ0) is 27.9. The summed E-state index contributed by atoms with van der Waals surface area (Å²) in [6, 6.07) is 3.90. The average molecular weight is 517 g/mol. The van der Waals surface area contributed by atoms with Crippen molar-refractivity contribution in [1.29, 1.82) is 0 Å². The SMILES string of the molecule is CCCCCCCCCC(=O)Oc1c(C(=O)O)cc(C(C)(C)CCCCC)cc1C(C)(C)CCCCC. The number of carboxylic acid groups (broad SMARTS) is 1. The van der Waals surface area contributed by atoms with Gasteiger partial charge in [-0.05, 0) is 41.7 Å². The largest absolute Gasteiger partial charge is 0.478 e. The molecule has 0 fully saturated rings. The molecule has 0 radical (unpaired) electrons. The molecule has 0 unspecified atom stereocenters. The Morgan fingerprint density at radius 1 is 0.703 bits per heavy atom. The molecular formula is C33H56O4. The third-order valence-electron chi connectivity index (χ3n) is 7.84. The monoisotopic (exact) mass is 516 g/mol. The minimum atomic E-state index is -1.03. The molecule has 0 aromatic heterocycles. The van der Waals surface area contributed by atoms with Crippen molar-refractivity contribution in [3.05, 3.63) is 28.8 Å². The highest BCUT2D eigenvalue weighted by Gasteiger charge is 2.32. The van der Waals surface area contributed by atoms with Crippen molar-refractivity contribution in [3.63, 3.8) is 0 Å². The second-order valence-corrected chi connectivity index (χ2v) is 12.2. The van der Waals surface area contributed by atoms with E-state index >= 15 is 0 Å². The van der Waals surface area contributed by atoms with Crippen LogP contribution in [0.5, 0.6) is 5.75 Å². The first kappa shape index (κ1) is 33.2. The number of carbonyl (C=O) groups excluding carboxylic acids is 1. The highest BCUT2D eigenvalue weighted by atomic mass is 16.5. The van der Waals surface area contributed by atoms with Gasteiger partial charge in [-0.1, -0.05) is 132 Å². The molecule has 1 aromatic rings. The third kappa shape index (κ3) is 11.6. The van der Waals surface area contributed by atoms with Gasteiger partial charge in [-0.3, -0.25) is 4.79 Å². The Labute approximate surface area is 228 Å². The van der Waals surface area contributed by atoms with Gasteiger partial charge >= 0.3 is 11.9 Å². The van der Waals surface area contributed by atoms with Crippen LogP contribution in [0.1, 0.15) is 173 Å². The summed E-state index contributed by atoms with van der Waals surface area (Å²) < 4.78 is 5.92. The van der Waals surface area contributed by atoms with Crippen LogP contribution in [0, 0.1) is 0 Å². The zero-order valence-corrected chi connectivity index (χ0v) is 25.1. The topological polar surface area (TPSA) is 63.6 Å². The van der Waals surface area contributed by atoms with Gasteiger partial charge in [-0.25, -0.2) is 4.79 Å². The number of ether oxygens (including phenoxy) is 1. The number of benzene rings is 1. The summed E-state index contributed by atoms with van der Waals surface area (Å²) in [5, 5.41) is 10.2. The van der Waals surface area contributed by atoms with Crippen molar-refractivity contribution >= 4 is 11.9 Å². The minimum Gasteiger partial charge on any atom is -0.478 e. The number of carboxylic acids is 1. The Morgan fingerprint density at radius 3 is 1.73 bits per heavy atom. The van der Waals surface area contributed by atoms with E-state index in [1.807, 2.05) is 0 Å². The fourth-order valence-electron chi connectivity index (χ4n) is 5.10. The van der Waals surface area contributed by atoms with E-state index in [4.69, 9.17) is 4.74 Å². The van der Waals surface area contributed by atoms with Crippen LogP contribution >= 0.6 is 0 Å². The summed E-state index contributed by atoms with van der Waals surface area (Å²) in [5.74, 6) is -1.10. The van der Waals surface area contributed by atoms with E-state index in [1.165, 1.54) is 32.1 Å². The molecule has 4 nitrogen and oxygen atoms in total. The van der Waals surface area contributed by atoms with Crippen molar-refractivity contribution in [2.24, 2.45) is 0 Å². The molecule has 0 amide bonds. The third-order valence-corrected chi connectivity index (χ3v) is 7.84. The molecule has 0 aliphatic carbocycles. The van der Waals surface area contributed by atoms with Gasteiger partial charge in [0.1, 0.15) is 11.3 Å². The number of aromatic carboxylic acids is 1. The lowest BCUT2D eigenvalue weighted by Gasteiger charge is -2.32. The number of unbranched alkanes of at least 4 members (excludes halogenated alkanes) is 10. The molecule has 0 aliphatic heterocycles. The summed E-state index contributed by atoms with van der Waals surface area (Å²) >= 11 is 0. The van der Waals surface area contributed by atoms with Gasteiger partial charge in [-0.15, -0.1) is 0 Å². The highest BCUT2D eigenvalue weighted by Crippen LogP contribution is 2.42. The molecule has 0 heterocycles. The van der Waals surface area contributed by atoms with Crippen LogP contribution in [-0.4, -0.2) is 17.0 Å². The van der Waals surface area contributed by atoms with Gasteiger partial charge in [0.2, 0.25) is 0 Å². The van der Waals surface area contributed by atoms with E-state index in [1.54, 1.807) is 6.07 Å². The quantitative estimate of drug-likeness (QED) is 0.106. The molecule has 0 spiro atoms. The minimum absolute atomic E-state index is 0.118. The van der Waals surface area contributed by atoms with Crippen molar-refractivity contribution in [2.75, 3.05) is 0 Å². The highest BCUT2D eigenvalue weighted by molar-refractivity contribution is 5.93. The Kier molecular flexibility index (Phi) is 15.1. The maximum absolute atomic E-state index is 12.9. The summed E-state index contributed by atoms with van der Waals surface area (Å²) in [6.07, 6.45) is 16.8. The summed E-state index contributed by atoms with van der Waals surface area (Å²) in [5.41, 5.74) is 1.53. The lowest BCUT2D eigenvalue weighted by atomic mass is 9.73. The molecule has 1 rings (SSSR count). The van der Waals surface area contributed by atoms with E-state index in [2.05, 4.69) is 54.5 Å². The average Bonchev–Trinajstić information content (AvgIpc) is 2.83. The first-order valence-corrected chi connectivity index (χ1v) is 15.1. The predicted molar refractivity (Wildman–Crippen MR) is 156 cm³/mol. The molecule has 0 aliphatic rings. The number of rotatable bonds is 20. The normalized spacial score (nSPS) is 12.1. The Bertz CT molecular complexity index is 822. The van der Waals surface area contributed by atoms with E-state index in [0.717, 1.165) is 75.3 Å². The molecule has 0 atom stereocenters. The molecule has 1 N–H and O–H groups in total. The first-order chi connectivity index (χ1) is 17.5. The van der Waals surface area contributed by atoms with Gasteiger partial charge in [0.15, 0.2) is 0 Å². The summed E-state index contributed by atoms with van der Waals surface area (Å²) in [7, 11) is 0. The number of esters is 1. The smallest absolute Gasteiger partial charge is 0.339 e. The van der Waals surface area contributed by atoms with Crippen LogP contribution in [0.4, 0.5) is 0 Å². The van der Waals surface area contributed by atoms with Gasteiger partial charge in [0, 0.05) is 12.0 Å². The zero-order valence-electron chi connectivity index (χ0n) is 25.1. The van der Waals surface area contributed by atoms with Crippen molar-refractivity contribution in [3.8, 4) is 5.75 Å². The first-order valence-electron chi connectivity index (χ1n) is 15.1. The van der Waals surface area contributed by atoms with Crippen LogP contribution in [0.3, 0.4) is 0 Å². The van der Waals surface area contributed by atoms with Crippen molar-refractivity contribution in [1.82, 2.24) is 0 Å². The second kappa shape index (κ2) is 16.9. The van der Waals surface area contributed by atoms with Crippen molar-refractivity contribution in [2.45, 2.75) is 162 Å². The van der Waals surface area contributed by atoms with Gasteiger partial charge in [0.05, 0.1) is 0 Å². The van der Waals surface area contributed by atoms with Crippen LogP contribution in [0.15, 0.2) is 12.1 Å². The molecule has 37 heavy (non-hydrogen) atoms. The maximum atomic E-state index is 12.9. The Hall–Kier alpha value is -1.84. The number of hydrogen-bond acceptors (Lipinski definition) is 3. The standard InChI is InChI=1S/C33H56O4/c1-8-11-14-15-16-17-18-21-29(34)37-30-27(31(35)36)24-26(32(4,5)22-19-12-9-2)25-28(30)33(6,7)23-20-13-10-3/h24-25H,8-23H2,1-7H3,(H,35,36). The summed E-state index contributed by atoms with van der Waals surface area (Å²) in [4.78, 5) is 25.4. The van der Waals surface area contributed by atoms with E-state index < -0.39 is 5.97 Å². The molecule has 0 saturated heterocycles. The van der Waals surface area contributed by atoms with E-state index in [9.17, 15) is 14.7 Å². The fourth-order valence-corrected chi connectivity index (χ4v) is 5.10. The van der Waals surface area contributed by atoms with Crippen LogP contribution < -0.4 is 4.74 Å². The Morgan fingerprint density at radius 2 is 1.19 bits per heavy atom. The number of carbonyl (C=O) groups is 2. The predicted octanol–water partition coefficient (Wildman–Crippen LogP) is 10.1. The lowest BCUT2D eigenvalue weighted by Crippen LogP contribution is -2.25. The van der Waals surface area contributed by atoms with E-state index in [-0.39, 0.29) is 28.1 Å². The Balaban J connectivity index is 3.27. The van der Waals surface area contributed by atoms with Gasteiger partial charge < -0.3 is 9.84 Å². The van der Waals surface area contributed by atoms with Gasteiger partial charge in [0.25, 0.3) is 0 Å². The molecule has 1 aromatic carbocycles. The van der Waals surface area contributed by atoms with Crippen LogP contribution in [0.2, 0.25) is 0 Å². The maximum Gasteiger partial charge on any atom is 0.339 e. The van der Waals surface area contributed by atoms with Crippen LogP contribution in [-0.2, 0) is 15.6 Å². The molecular weight excluding hydrogens is 460 g/mol. The molecule has 0 saturated carbocycles. The molecule has 0 bridgehead atoms. The number of hydrogen-bond donors (Lipinski definition) is 1. The fraction of sp³-hybridized carbons (Fsp3) is 0.758. The lowest BCUT2D eigenvalue weighted by molar-refractivity contribution is -0.134. The van der Waals surface area contributed by atoms with Crippen molar-refractivity contribution < 1.29 is 19.4 Å². The molecule has 4 heteroatoms. The van der Waals surface area contributed by atoms with Gasteiger partial charge in [-0.2, -0.15) is 0 Å². The second-order valence-electron chi connectivity index (χ2n) is 12.2. The molecule has 212 valence electrons. The van der Waals surface area contributed by atoms with E-state index in [0.29, 0.717) is 6.42 Å².